The fourth-order valence-corrected chi connectivity index (χ4v) is 9.96. The molecule has 2 aliphatic heterocycles. The van der Waals surface area contributed by atoms with Gasteiger partial charge in [-0.25, -0.2) is 4.79 Å². The van der Waals surface area contributed by atoms with Crippen LogP contribution in [-0.2, 0) is 14.2 Å². The number of carbonyl (C=O) groups is 1. The van der Waals surface area contributed by atoms with E-state index >= 15 is 0 Å². The van der Waals surface area contributed by atoms with Gasteiger partial charge in [0, 0.05) is 39.2 Å². The van der Waals surface area contributed by atoms with Crippen molar-refractivity contribution in [3.05, 3.63) is 11.6 Å². The summed E-state index contributed by atoms with van der Waals surface area (Å²) in [6.07, 6.45) is 12.8. The van der Waals surface area contributed by atoms with Gasteiger partial charge in [0.15, 0.2) is 6.29 Å². The Balaban J connectivity index is 1.14. The second kappa shape index (κ2) is 8.73. The minimum atomic E-state index is -0.258. The van der Waals surface area contributed by atoms with Gasteiger partial charge in [-0.1, -0.05) is 18.6 Å². The third kappa shape index (κ3) is 3.64. The summed E-state index contributed by atoms with van der Waals surface area (Å²) < 4.78 is 16.5. The molecular formula is C29H46N2O4. The summed E-state index contributed by atoms with van der Waals surface area (Å²) in [7, 11) is 5.91. The first-order valence-electron chi connectivity index (χ1n) is 14.2. The molecule has 3 unspecified atom stereocenters. The Bertz CT molecular complexity index is 877. The van der Waals surface area contributed by atoms with Gasteiger partial charge in [0.25, 0.3) is 0 Å². The van der Waals surface area contributed by atoms with Crippen LogP contribution in [0.3, 0.4) is 0 Å². The van der Waals surface area contributed by atoms with Crippen molar-refractivity contribution in [3.8, 4) is 0 Å². The molecule has 0 bridgehead atoms. The first-order valence-corrected chi connectivity index (χ1v) is 14.2. The first-order chi connectivity index (χ1) is 16.8. The summed E-state index contributed by atoms with van der Waals surface area (Å²) in [6, 6.07) is 0.984. The smallest absolute Gasteiger partial charge is 0.410 e. The lowest BCUT2D eigenvalue weighted by Gasteiger charge is -2.58. The van der Waals surface area contributed by atoms with Crippen molar-refractivity contribution in [3.63, 3.8) is 0 Å². The van der Waals surface area contributed by atoms with Crippen molar-refractivity contribution in [1.29, 1.82) is 0 Å². The zero-order chi connectivity index (χ0) is 24.5. The molecule has 35 heavy (non-hydrogen) atoms. The summed E-state index contributed by atoms with van der Waals surface area (Å²) in [5.74, 6) is 3.50. The van der Waals surface area contributed by atoms with Crippen molar-refractivity contribution in [2.75, 3.05) is 34.4 Å². The molecule has 4 aliphatic carbocycles. The van der Waals surface area contributed by atoms with Crippen LogP contribution in [0.25, 0.3) is 0 Å². The zero-order valence-corrected chi connectivity index (χ0v) is 22.5. The molecule has 0 aromatic carbocycles. The average molecular weight is 487 g/mol. The highest BCUT2D eigenvalue weighted by atomic mass is 16.7. The number of ether oxygens (including phenoxy) is 3. The van der Waals surface area contributed by atoms with Gasteiger partial charge in [0.05, 0.1) is 6.61 Å². The average Bonchev–Trinajstić information content (AvgIpc) is 3.52. The summed E-state index contributed by atoms with van der Waals surface area (Å²) in [5, 5.41) is 0. The van der Waals surface area contributed by atoms with E-state index < -0.39 is 0 Å². The standard InChI is InChI=1S/C29H46N2O4/c1-18-23-8-9-25-22-7-6-19-14-20(31(4)27(32)35-21-15-26(33-5)34-16-21)10-12-28(19,2)24(22)11-13-29(23,25)17-30(18)3/h6,18,20-26H,7-17H2,1-5H3/t18-,20-,21?,22+,23+,24-,25-,26?,28-,29?/m0/s1. The van der Waals surface area contributed by atoms with Crippen molar-refractivity contribution < 1.29 is 19.0 Å². The monoisotopic (exact) mass is 486 g/mol. The van der Waals surface area contributed by atoms with Crippen LogP contribution < -0.4 is 0 Å². The molecular weight excluding hydrogens is 440 g/mol. The maximum atomic E-state index is 12.9. The van der Waals surface area contributed by atoms with Gasteiger partial charge >= 0.3 is 6.09 Å². The molecule has 0 radical (unpaired) electrons. The lowest BCUT2D eigenvalue weighted by molar-refractivity contribution is -0.0883. The molecule has 196 valence electrons. The van der Waals surface area contributed by atoms with Crippen LogP contribution in [0.4, 0.5) is 4.79 Å². The van der Waals surface area contributed by atoms with Crippen LogP contribution in [0.5, 0.6) is 0 Å². The predicted molar refractivity (Wildman–Crippen MR) is 135 cm³/mol. The number of likely N-dealkylation sites (tertiary alicyclic amines) is 1. The van der Waals surface area contributed by atoms with Crippen LogP contribution in [0.15, 0.2) is 11.6 Å². The molecule has 0 aromatic rings. The number of amides is 1. The Kier molecular flexibility index (Phi) is 6.05. The van der Waals surface area contributed by atoms with Crippen molar-refractivity contribution >= 4 is 6.09 Å². The van der Waals surface area contributed by atoms with Gasteiger partial charge in [-0.3, -0.25) is 0 Å². The molecule has 6 aliphatic rings. The van der Waals surface area contributed by atoms with Crippen molar-refractivity contribution in [1.82, 2.24) is 9.80 Å². The Labute approximate surface area is 211 Å². The maximum Gasteiger partial charge on any atom is 0.410 e. The lowest BCUT2D eigenvalue weighted by atomic mass is 9.47. The number of allylic oxidation sites excluding steroid dienone is 1. The first kappa shape index (κ1) is 24.2. The van der Waals surface area contributed by atoms with E-state index in [1.54, 1.807) is 12.7 Å². The Morgan fingerprint density at radius 3 is 2.74 bits per heavy atom. The maximum absolute atomic E-state index is 12.9. The number of rotatable bonds is 3. The van der Waals surface area contributed by atoms with Gasteiger partial charge in [-0.15, -0.1) is 0 Å². The fraction of sp³-hybridized carbons (Fsp3) is 0.897. The van der Waals surface area contributed by atoms with E-state index in [0.29, 0.717) is 23.9 Å². The molecule has 1 amide bonds. The van der Waals surface area contributed by atoms with E-state index in [9.17, 15) is 4.79 Å². The molecule has 5 fully saturated rings. The Morgan fingerprint density at radius 2 is 1.97 bits per heavy atom. The minimum absolute atomic E-state index is 0.208. The van der Waals surface area contributed by atoms with Crippen LogP contribution >= 0.6 is 0 Å². The highest BCUT2D eigenvalue weighted by Gasteiger charge is 2.64. The predicted octanol–water partition coefficient (Wildman–Crippen LogP) is 5.08. The molecule has 6 nitrogen and oxygen atoms in total. The second-order valence-electron chi connectivity index (χ2n) is 13.1. The summed E-state index contributed by atoms with van der Waals surface area (Å²) in [5.41, 5.74) is 2.52. The molecule has 0 N–H and O–H groups in total. The summed E-state index contributed by atoms with van der Waals surface area (Å²) in [6.45, 7) is 6.80. The normalized spacial score (nSPS) is 49.0. The quantitative estimate of drug-likeness (QED) is 0.521. The third-order valence-electron chi connectivity index (χ3n) is 12.0. The molecule has 6 rings (SSSR count). The van der Waals surface area contributed by atoms with E-state index in [1.807, 2.05) is 11.9 Å². The second-order valence-corrected chi connectivity index (χ2v) is 13.1. The summed E-state index contributed by atoms with van der Waals surface area (Å²) >= 11 is 0. The lowest BCUT2D eigenvalue weighted by Crippen LogP contribution is -2.53. The van der Waals surface area contributed by atoms with Gasteiger partial charge in [-0.05, 0) is 99.8 Å². The van der Waals surface area contributed by atoms with Crippen LogP contribution in [0.2, 0.25) is 0 Å². The molecule has 6 heteroatoms. The minimum Gasteiger partial charge on any atom is -0.443 e. The topological polar surface area (TPSA) is 51.2 Å². The molecule has 10 atom stereocenters. The van der Waals surface area contributed by atoms with E-state index in [4.69, 9.17) is 14.2 Å². The number of methoxy groups -OCH3 is 1. The van der Waals surface area contributed by atoms with Gasteiger partial charge in [-0.2, -0.15) is 0 Å². The van der Waals surface area contributed by atoms with E-state index in [-0.39, 0.29) is 24.5 Å². The Hall–Kier alpha value is -1.11. The SMILES string of the molecule is COC1CC(OC(=O)N(C)[C@H]2CC[C@@]3(C)C(=CC[C@H]4[C@@H]5CC[C@@H]6[C@H](C)N(C)CC65CC[C@@H]43)C2)CO1. The number of hydrogen-bond acceptors (Lipinski definition) is 5. The molecule has 3 saturated carbocycles. The zero-order valence-electron chi connectivity index (χ0n) is 22.5. The van der Waals surface area contributed by atoms with Gasteiger partial charge < -0.3 is 24.0 Å². The largest absolute Gasteiger partial charge is 0.443 e. The van der Waals surface area contributed by atoms with E-state index in [1.165, 1.54) is 45.1 Å². The number of fused-ring (bicyclic) bond motifs is 4. The van der Waals surface area contributed by atoms with Gasteiger partial charge in [0.2, 0.25) is 0 Å². The van der Waals surface area contributed by atoms with Crippen molar-refractivity contribution in [2.45, 2.75) is 96.1 Å². The number of hydrogen-bond donors (Lipinski definition) is 0. The highest BCUT2D eigenvalue weighted by molar-refractivity contribution is 5.68. The number of carbonyl (C=O) groups excluding carboxylic acids is 1. The molecule has 1 spiro atoms. The van der Waals surface area contributed by atoms with E-state index in [2.05, 4.69) is 31.9 Å². The van der Waals surface area contributed by atoms with Crippen molar-refractivity contribution in [2.24, 2.45) is 34.5 Å². The molecule has 2 heterocycles. The summed E-state index contributed by atoms with van der Waals surface area (Å²) in [4.78, 5) is 17.5. The van der Waals surface area contributed by atoms with E-state index in [0.717, 1.165) is 42.6 Å². The molecule has 2 saturated heterocycles. The highest BCUT2D eigenvalue weighted by Crippen LogP contribution is 2.68. The van der Waals surface area contributed by atoms with Crippen LogP contribution in [0.1, 0.15) is 71.6 Å². The third-order valence-corrected chi connectivity index (χ3v) is 12.0. The van der Waals surface area contributed by atoms with Gasteiger partial charge in [0.1, 0.15) is 6.10 Å². The Morgan fingerprint density at radius 1 is 1.17 bits per heavy atom. The number of nitrogens with zero attached hydrogens (tertiary/aromatic N) is 2. The van der Waals surface area contributed by atoms with Crippen LogP contribution in [0, 0.1) is 34.5 Å². The fourth-order valence-electron chi connectivity index (χ4n) is 9.96. The molecule has 0 aromatic heterocycles. The van der Waals surface area contributed by atoms with Crippen LogP contribution in [-0.4, -0.2) is 74.7 Å².